The van der Waals surface area contributed by atoms with Crippen molar-refractivity contribution in [3.8, 4) is 17.1 Å². The topological polar surface area (TPSA) is 70.2 Å². The zero-order chi connectivity index (χ0) is 19.0. The van der Waals surface area contributed by atoms with Crippen LogP contribution < -0.4 is 9.64 Å². The molecule has 3 aromatic rings. The van der Waals surface area contributed by atoms with Crippen molar-refractivity contribution in [3.05, 3.63) is 30.3 Å². The molecule has 0 bridgehead atoms. The number of nitrogens with zero attached hydrogens (tertiary/aromatic N) is 5. The number of nitrogens with one attached hydrogen (secondary N) is 1. The highest BCUT2D eigenvalue weighted by Gasteiger charge is 2.19. The lowest BCUT2D eigenvalue weighted by atomic mass is 10.1. The Morgan fingerprint density at radius 1 is 1.11 bits per heavy atom. The van der Waals surface area contributed by atoms with Crippen molar-refractivity contribution in [2.75, 3.05) is 38.1 Å². The maximum Gasteiger partial charge on any atom is 0.167 e. The van der Waals surface area contributed by atoms with Gasteiger partial charge in [-0.1, -0.05) is 0 Å². The second kappa shape index (κ2) is 7.11. The molecule has 142 valence electrons. The Labute approximate surface area is 157 Å². The molecular weight excluding hydrogens is 347 g/mol. The first-order chi connectivity index (χ1) is 13.0. The van der Waals surface area contributed by atoms with Gasteiger partial charge in [0.05, 0.1) is 17.3 Å². The van der Waals surface area contributed by atoms with Crippen LogP contribution in [0.4, 0.5) is 10.2 Å². The molecule has 0 radical (unpaired) electrons. The number of aromatic amines is 1. The van der Waals surface area contributed by atoms with Crippen LogP contribution in [0.1, 0.15) is 13.8 Å². The highest BCUT2D eigenvalue weighted by Crippen LogP contribution is 2.31. The Morgan fingerprint density at radius 3 is 2.63 bits per heavy atom. The molecule has 1 N–H and O–H groups in total. The third-order valence-corrected chi connectivity index (χ3v) is 4.70. The van der Waals surface area contributed by atoms with Gasteiger partial charge >= 0.3 is 0 Å². The molecule has 1 aliphatic heterocycles. The minimum absolute atomic E-state index is 0.116. The highest BCUT2D eigenvalue weighted by atomic mass is 19.1. The van der Waals surface area contributed by atoms with Crippen molar-refractivity contribution in [2.24, 2.45) is 0 Å². The van der Waals surface area contributed by atoms with E-state index >= 15 is 0 Å². The first-order valence-electron chi connectivity index (χ1n) is 9.11. The Hall–Kier alpha value is -2.74. The first kappa shape index (κ1) is 17.7. The molecule has 0 spiro atoms. The van der Waals surface area contributed by atoms with E-state index in [-0.39, 0.29) is 11.9 Å². The fourth-order valence-corrected chi connectivity index (χ4v) is 3.24. The SMILES string of the molecule is CC(C)Oc1cc2c(-c3cc(N4CCN(C)CC4)ncn3)n[nH]c2cc1F. The lowest BCUT2D eigenvalue weighted by Gasteiger charge is -2.33. The lowest BCUT2D eigenvalue weighted by Crippen LogP contribution is -2.44. The number of hydrogen-bond acceptors (Lipinski definition) is 6. The molecule has 1 fully saturated rings. The van der Waals surface area contributed by atoms with Gasteiger partial charge in [-0.3, -0.25) is 5.10 Å². The van der Waals surface area contributed by atoms with Gasteiger partial charge < -0.3 is 14.5 Å². The monoisotopic (exact) mass is 370 g/mol. The number of piperazine rings is 1. The van der Waals surface area contributed by atoms with Crippen LogP contribution in [0.3, 0.4) is 0 Å². The van der Waals surface area contributed by atoms with Crippen molar-refractivity contribution in [2.45, 2.75) is 20.0 Å². The van der Waals surface area contributed by atoms with Crippen molar-refractivity contribution in [3.63, 3.8) is 0 Å². The summed E-state index contributed by atoms with van der Waals surface area (Å²) in [5, 5.41) is 8.02. The van der Waals surface area contributed by atoms with Crippen LogP contribution in [-0.2, 0) is 0 Å². The third kappa shape index (κ3) is 3.57. The van der Waals surface area contributed by atoms with Crippen LogP contribution in [0.15, 0.2) is 24.5 Å². The zero-order valence-electron chi connectivity index (χ0n) is 15.7. The zero-order valence-corrected chi connectivity index (χ0v) is 15.7. The van der Waals surface area contributed by atoms with Crippen LogP contribution in [-0.4, -0.2) is 64.4 Å². The average molecular weight is 370 g/mol. The number of halogens is 1. The standard InChI is InChI=1S/C19H23FN6O/c1-12(2)27-17-8-13-15(9-14(17)20)23-24-19(13)16-10-18(22-11-21-16)26-6-4-25(3)5-7-26/h8-12H,4-7H2,1-3H3,(H,23,24). The predicted octanol–water partition coefficient (Wildman–Crippen LogP) is 2.70. The molecule has 0 saturated carbocycles. The number of hydrogen-bond donors (Lipinski definition) is 1. The van der Waals surface area contributed by atoms with Crippen LogP contribution in [0.25, 0.3) is 22.3 Å². The molecule has 1 aromatic carbocycles. The van der Waals surface area contributed by atoms with Crippen molar-refractivity contribution < 1.29 is 9.13 Å². The Balaban J connectivity index is 1.71. The molecule has 8 heteroatoms. The van der Waals surface area contributed by atoms with Crippen molar-refractivity contribution >= 4 is 16.7 Å². The predicted molar refractivity (Wildman–Crippen MR) is 103 cm³/mol. The molecule has 27 heavy (non-hydrogen) atoms. The van der Waals surface area contributed by atoms with E-state index in [1.165, 1.54) is 6.07 Å². The fraction of sp³-hybridized carbons (Fsp3) is 0.421. The Kier molecular flexibility index (Phi) is 4.65. The van der Waals surface area contributed by atoms with E-state index in [0.29, 0.717) is 16.9 Å². The summed E-state index contributed by atoms with van der Waals surface area (Å²) >= 11 is 0. The van der Waals surface area contributed by atoms with Crippen molar-refractivity contribution in [1.29, 1.82) is 0 Å². The number of rotatable bonds is 4. The van der Waals surface area contributed by atoms with Gasteiger partial charge in [-0.15, -0.1) is 0 Å². The molecule has 0 unspecified atom stereocenters. The summed E-state index contributed by atoms with van der Waals surface area (Å²) in [7, 11) is 2.12. The molecular formula is C19H23FN6O. The minimum Gasteiger partial charge on any atom is -0.488 e. The van der Waals surface area contributed by atoms with E-state index in [4.69, 9.17) is 4.74 Å². The number of aromatic nitrogens is 4. The summed E-state index contributed by atoms with van der Waals surface area (Å²) in [6.07, 6.45) is 1.44. The summed E-state index contributed by atoms with van der Waals surface area (Å²) in [4.78, 5) is 13.4. The maximum absolute atomic E-state index is 14.2. The molecule has 1 saturated heterocycles. The van der Waals surface area contributed by atoms with E-state index in [0.717, 1.165) is 37.4 Å². The molecule has 4 rings (SSSR count). The fourth-order valence-electron chi connectivity index (χ4n) is 3.24. The molecule has 1 aliphatic rings. The lowest BCUT2D eigenvalue weighted by molar-refractivity contribution is 0.231. The number of ether oxygens (including phenoxy) is 1. The second-order valence-electron chi connectivity index (χ2n) is 7.12. The van der Waals surface area contributed by atoms with Crippen molar-refractivity contribution in [1.82, 2.24) is 25.1 Å². The van der Waals surface area contributed by atoms with Gasteiger partial charge in [0, 0.05) is 43.7 Å². The van der Waals surface area contributed by atoms with Crippen LogP contribution in [0, 0.1) is 5.82 Å². The molecule has 7 nitrogen and oxygen atoms in total. The van der Waals surface area contributed by atoms with Crippen LogP contribution in [0.5, 0.6) is 5.75 Å². The van der Waals surface area contributed by atoms with Gasteiger partial charge in [0.15, 0.2) is 11.6 Å². The van der Waals surface area contributed by atoms with E-state index in [1.807, 2.05) is 19.9 Å². The number of H-pyrrole nitrogens is 1. The van der Waals surface area contributed by atoms with Gasteiger partial charge in [0.25, 0.3) is 0 Å². The number of likely N-dealkylation sites (N-methyl/N-ethyl adjacent to an activating group) is 1. The summed E-state index contributed by atoms with van der Waals surface area (Å²) in [6.45, 7) is 7.58. The summed E-state index contributed by atoms with van der Waals surface area (Å²) < 4.78 is 19.8. The molecule has 0 aliphatic carbocycles. The largest absolute Gasteiger partial charge is 0.488 e. The molecule has 0 amide bonds. The molecule has 0 atom stereocenters. The normalized spacial score (nSPS) is 15.7. The summed E-state index contributed by atoms with van der Waals surface area (Å²) in [5.41, 5.74) is 1.97. The average Bonchev–Trinajstić information content (AvgIpc) is 3.05. The van der Waals surface area contributed by atoms with Gasteiger partial charge in [-0.2, -0.15) is 5.10 Å². The second-order valence-corrected chi connectivity index (χ2v) is 7.12. The van der Waals surface area contributed by atoms with Gasteiger partial charge in [0.1, 0.15) is 17.8 Å². The smallest absolute Gasteiger partial charge is 0.167 e. The van der Waals surface area contributed by atoms with Gasteiger partial charge in [-0.25, -0.2) is 14.4 Å². The van der Waals surface area contributed by atoms with Crippen LogP contribution >= 0.6 is 0 Å². The van der Waals surface area contributed by atoms with Gasteiger partial charge in [0.2, 0.25) is 0 Å². The minimum atomic E-state index is -0.410. The molecule has 3 heterocycles. The Morgan fingerprint density at radius 2 is 1.89 bits per heavy atom. The van der Waals surface area contributed by atoms with E-state index in [1.54, 1.807) is 12.4 Å². The van der Waals surface area contributed by atoms with Gasteiger partial charge in [-0.05, 0) is 27.0 Å². The number of anilines is 1. The third-order valence-electron chi connectivity index (χ3n) is 4.70. The number of benzene rings is 1. The van der Waals surface area contributed by atoms with Crippen LogP contribution in [0.2, 0.25) is 0 Å². The maximum atomic E-state index is 14.2. The van der Waals surface area contributed by atoms with E-state index in [9.17, 15) is 4.39 Å². The van der Waals surface area contributed by atoms with E-state index in [2.05, 4.69) is 37.0 Å². The Bertz CT molecular complexity index is 949. The van der Waals surface area contributed by atoms with E-state index < -0.39 is 5.82 Å². The summed E-state index contributed by atoms with van der Waals surface area (Å²) in [6, 6.07) is 5.03. The highest BCUT2D eigenvalue weighted by molar-refractivity contribution is 5.93. The first-order valence-corrected chi connectivity index (χ1v) is 9.11. The summed E-state index contributed by atoms with van der Waals surface area (Å²) in [5.74, 6) is 0.686. The number of fused-ring (bicyclic) bond motifs is 1. The molecule has 2 aromatic heterocycles. The quantitative estimate of drug-likeness (QED) is 0.761.